The summed E-state index contributed by atoms with van der Waals surface area (Å²) >= 11 is 0. The van der Waals surface area contributed by atoms with Crippen LogP contribution in [0.15, 0.2) is 12.7 Å². The molecule has 0 spiro atoms. The number of esters is 1. The second kappa shape index (κ2) is 4.11. The van der Waals surface area contributed by atoms with Gasteiger partial charge in [0.2, 0.25) is 0 Å². The maximum atomic E-state index is 11.6. The van der Waals surface area contributed by atoms with Gasteiger partial charge in [-0.05, 0) is 56.3 Å². The fraction of sp³-hybridized carbons (Fsp3) is 0.714. The summed E-state index contributed by atoms with van der Waals surface area (Å²) in [6.07, 6.45) is 6.78. The van der Waals surface area contributed by atoms with Gasteiger partial charge in [0.15, 0.2) is 0 Å². The molecule has 0 radical (unpaired) electrons. The number of hydrogen-bond donors (Lipinski definition) is 0. The van der Waals surface area contributed by atoms with E-state index in [2.05, 4.69) is 11.3 Å². The van der Waals surface area contributed by atoms with Crippen molar-refractivity contribution in [2.45, 2.75) is 44.1 Å². The minimum Gasteiger partial charge on any atom is -0.427 e. The van der Waals surface area contributed by atoms with Crippen molar-refractivity contribution in [2.75, 3.05) is 0 Å². The van der Waals surface area contributed by atoms with E-state index in [-0.39, 0.29) is 5.60 Å². The molecule has 0 amide bonds. The highest BCUT2D eigenvalue weighted by molar-refractivity contribution is 5.89. The summed E-state index contributed by atoms with van der Waals surface area (Å²) in [5.41, 5.74) is -0.354. The van der Waals surface area contributed by atoms with E-state index in [1.807, 2.05) is 0 Å². The zero-order valence-electron chi connectivity index (χ0n) is 10.4. The van der Waals surface area contributed by atoms with E-state index in [1.165, 1.54) is 19.3 Å². The van der Waals surface area contributed by atoms with Gasteiger partial charge in [-0.25, -0.2) is 9.59 Å². The van der Waals surface area contributed by atoms with Crippen LogP contribution in [0.5, 0.6) is 0 Å². The first-order chi connectivity index (χ1) is 8.58. The summed E-state index contributed by atoms with van der Waals surface area (Å²) in [6.45, 7) is 3.26. The third-order valence-corrected chi connectivity index (χ3v) is 4.63. The summed E-state index contributed by atoms with van der Waals surface area (Å²) in [6, 6.07) is 0. The predicted octanol–water partition coefficient (Wildman–Crippen LogP) is 2.82. The lowest BCUT2D eigenvalue weighted by Gasteiger charge is -2.55. The maximum absolute atomic E-state index is 11.6. The summed E-state index contributed by atoms with van der Waals surface area (Å²) in [5.74, 6) is 1.34. The molecule has 18 heavy (non-hydrogen) atoms. The summed E-state index contributed by atoms with van der Waals surface area (Å²) in [4.78, 5) is 22.6. The van der Waals surface area contributed by atoms with E-state index in [1.54, 1.807) is 0 Å². The lowest BCUT2D eigenvalue weighted by atomic mass is 9.54. The molecule has 0 aliphatic heterocycles. The van der Waals surface area contributed by atoms with E-state index in [0.717, 1.165) is 25.3 Å². The zero-order chi connectivity index (χ0) is 12.8. The molecule has 0 saturated heterocycles. The van der Waals surface area contributed by atoms with Crippen molar-refractivity contribution in [2.24, 2.45) is 17.8 Å². The molecule has 0 heterocycles. The zero-order valence-corrected chi connectivity index (χ0v) is 10.4. The number of hydrogen-bond acceptors (Lipinski definition) is 4. The van der Waals surface area contributed by atoms with Gasteiger partial charge >= 0.3 is 12.1 Å². The topological polar surface area (TPSA) is 52.6 Å². The number of carbonyl (C=O) groups is 2. The fourth-order valence-electron chi connectivity index (χ4n) is 4.48. The van der Waals surface area contributed by atoms with Crippen LogP contribution < -0.4 is 0 Å². The Morgan fingerprint density at radius 2 is 1.56 bits per heavy atom. The maximum Gasteiger partial charge on any atom is 0.516 e. The highest BCUT2D eigenvalue weighted by Crippen LogP contribution is 2.57. The van der Waals surface area contributed by atoms with Crippen LogP contribution in [-0.4, -0.2) is 17.7 Å². The van der Waals surface area contributed by atoms with Crippen molar-refractivity contribution >= 4 is 12.1 Å². The first-order valence-electron chi connectivity index (χ1n) is 6.66. The molecule has 4 heteroatoms. The summed E-state index contributed by atoms with van der Waals surface area (Å²) < 4.78 is 10.0. The normalized spacial score (nSPS) is 40.3. The molecule has 0 atom stereocenters. The molecule has 0 aromatic heterocycles. The molecule has 0 aromatic carbocycles. The minimum absolute atomic E-state index is 0.354. The van der Waals surface area contributed by atoms with E-state index >= 15 is 0 Å². The Morgan fingerprint density at radius 3 is 2.00 bits per heavy atom. The Balaban J connectivity index is 1.67. The smallest absolute Gasteiger partial charge is 0.427 e. The molecule has 0 N–H and O–H groups in total. The summed E-state index contributed by atoms with van der Waals surface area (Å²) in [5, 5.41) is 0. The third-order valence-electron chi connectivity index (χ3n) is 4.63. The molecule has 0 aromatic rings. The van der Waals surface area contributed by atoms with Crippen LogP contribution in [0.1, 0.15) is 38.5 Å². The fourth-order valence-corrected chi connectivity index (χ4v) is 4.48. The van der Waals surface area contributed by atoms with Gasteiger partial charge in [0.25, 0.3) is 0 Å². The lowest BCUT2D eigenvalue weighted by Crippen LogP contribution is -2.52. The van der Waals surface area contributed by atoms with Crippen LogP contribution in [0.25, 0.3) is 0 Å². The van der Waals surface area contributed by atoms with Crippen molar-refractivity contribution in [3.63, 3.8) is 0 Å². The summed E-state index contributed by atoms with van der Waals surface area (Å²) in [7, 11) is 0. The highest BCUT2D eigenvalue weighted by Gasteiger charge is 2.53. The minimum atomic E-state index is -0.859. The van der Waals surface area contributed by atoms with Crippen LogP contribution >= 0.6 is 0 Å². The van der Waals surface area contributed by atoms with Crippen molar-refractivity contribution in [3.05, 3.63) is 12.7 Å². The van der Waals surface area contributed by atoms with Gasteiger partial charge in [0.1, 0.15) is 5.60 Å². The molecule has 4 saturated carbocycles. The quantitative estimate of drug-likeness (QED) is 0.429. The first-order valence-corrected chi connectivity index (χ1v) is 6.66. The number of ether oxygens (including phenoxy) is 2. The van der Waals surface area contributed by atoms with Gasteiger partial charge in [-0.1, -0.05) is 6.58 Å². The van der Waals surface area contributed by atoms with Crippen LogP contribution in [0.2, 0.25) is 0 Å². The average Bonchev–Trinajstić information content (AvgIpc) is 2.25. The van der Waals surface area contributed by atoms with Crippen LogP contribution in [0.4, 0.5) is 4.79 Å². The molecule has 98 valence electrons. The van der Waals surface area contributed by atoms with Crippen molar-refractivity contribution < 1.29 is 19.1 Å². The van der Waals surface area contributed by atoms with E-state index in [0.29, 0.717) is 17.8 Å². The SMILES string of the molecule is C=CC(=O)OC(=O)OC12CC3CC(CC(C3)C1)C2. The Bertz CT molecular complexity index is 363. The molecule has 4 aliphatic rings. The van der Waals surface area contributed by atoms with E-state index < -0.39 is 12.1 Å². The van der Waals surface area contributed by atoms with E-state index in [4.69, 9.17) is 4.74 Å². The number of rotatable bonds is 2. The van der Waals surface area contributed by atoms with Crippen LogP contribution in [0, 0.1) is 17.8 Å². The number of carbonyl (C=O) groups excluding carboxylic acids is 2. The van der Waals surface area contributed by atoms with Gasteiger partial charge in [-0.2, -0.15) is 0 Å². The lowest BCUT2D eigenvalue weighted by molar-refractivity contribution is -0.153. The Labute approximate surface area is 106 Å². The molecular formula is C14H18O4. The van der Waals surface area contributed by atoms with Gasteiger partial charge < -0.3 is 9.47 Å². The predicted molar refractivity (Wildman–Crippen MR) is 63.7 cm³/mol. The molecule has 4 fully saturated rings. The molecule has 0 unspecified atom stereocenters. The van der Waals surface area contributed by atoms with Gasteiger partial charge in [-0.15, -0.1) is 0 Å². The molecule has 4 aliphatic carbocycles. The second-order valence-electron chi connectivity index (χ2n) is 6.08. The Morgan fingerprint density at radius 1 is 1.06 bits per heavy atom. The Kier molecular flexibility index (Phi) is 2.68. The van der Waals surface area contributed by atoms with Gasteiger partial charge in [0.05, 0.1) is 0 Å². The van der Waals surface area contributed by atoms with Crippen molar-refractivity contribution in [1.29, 1.82) is 0 Å². The standard InChI is InChI=1S/C14H18O4/c1-2-12(15)17-13(16)18-14-6-9-3-10(7-14)5-11(4-9)8-14/h2,9-11H,1,3-8H2. The van der Waals surface area contributed by atoms with Crippen molar-refractivity contribution in [1.82, 2.24) is 0 Å². The van der Waals surface area contributed by atoms with Crippen molar-refractivity contribution in [3.8, 4) is 0 Å². The first kappa shape index (κ1) is 11.8. The largest absolute Gasteiger partial charge is 0.516 e. The van der Waals surface area contributed by atoms with Gasteiger partial charge in [-0.3, -0.25) is 0 Å². The second-order valence-corrected chi connectivity index (χ2v) is 6.08. The molecular weight excluding hydrogens is 232 g/mol. The average molecular weight is 250 g/mol. The van der Waals surface area contributed by atoms with Gasteiger partial charge in [0, 0.05) is 6.08 Å². The Hall–Kier alpha value is -1.32. The monoisotopic (exact) mass is 250 g/mol. The van der Waals surface area contributed by atoms with Crippen LogP contribution in [0.3, 0.4) is 0 Å². The third kappa shape index (κ3) is 2.04. The highest BCUT2D eigenvalue weighted by atomic mass is 16.7. The van der Waals surface area contributed by atoms with E-state index in [9.17, 15) is 9.59 Å². The van der Waals surface area contributed by atoms with Crippen LogP contribution in [-0.2, 0) is 14.3 Å². The molecule has 4 rings (SSSR count). The molecule has 4 nitrogen and oxygen atoms in total. The molecule has 4 bridgehead atoms.